The van der Waals surface area contributed by atoms with E-state index in [1.54, 1.807) is 4.57 Å². The van der Waals surface area contributed by atoms with E-state index in [1.807, 2.05) is 6.92 Å². The monoisotopic (exact) mass is 305 g/mol. The molecule has 0 saturated heterocycles. The Balaban J connectivity index is 2.02. The van der Waals surface area contributed by atoms with Gasteiger partial charge in [-0.15, -0.1) is 0 Å². The molecule has 0 aliphatic heterocycles. The molecule has 0 bridgehead atoms. The summed E-state index contributed by atoms with van der Waals surface area (Å²) in [7, 11) is 1.44. The van der Waals surface area contributed by atoms with Gasteiger partial charge in [-0.2, -0.15) is 0 Å². The van der Waals surface area contributed by atoms with Crippen molar-refractivity contribution in [1.82, 2.24) is 14.9 Å². The molecule has 1 aliphatic carbocycles. The minimum absolute atomic E-state index is 0.0199. The molecule has 1 aromatic rings. The largest absolute Gasteiger partial charge is 0.353 e. The minimum Gasteiger partial charge on any atom is -0.353 e. The zero-order valence-corrected chi connectivity index (χ0v) is 12.2. The first-order chi connectivity index (χ1) is 8.90. The van der Waals surface area contributed by atoms with Gasteiger partial charge in [0.25, 0.3) is 9.05 Å². The average Bonchev–Trinajstić information content (AvgIpc) is 3.02. The van der Waals surface area contributed by atoms with Gasteiger partial charge in [0.2, 0.25) is 5.91 Å². The summed E-state index contributed by atoms with van der Waals surface area (Å²) >= 11 is 0. The Hall–Kier alpha value is -1.08. The summed E-state index contributed by atoms with van der Waals surface area (Å²) in [4.78, 5) is 15.5. The molecule has 2 rings (SSSR count). The second-order valence-corrected chi connectivity index (χ2v) is 7.08. The predicted molar refractivity (Wildman–Crippen MR) is 70.4 cm³/mol. The molecule has 1 fully saturated rings. The number of carbonyl (C=O) groups excluding carboxylic acids is 1. The Morgan fingerprint density at radius 1 is 1.58 bits per heavy atom. The van der Waals surface area contributed by atoms with E-state index in [1.165, 1.54) is 6.20 Å². The van der Waals surface area contributed by atoms with Crippen molar-refractivity contribution < 1.29 is 13.2 Å². The van der Waals surface area contributed by atoms with Crippen LogP contribution in [0.5, 0.6) is 0 Å². The van der Waals surface area contributed by atoms with Crippen molar-refractivity contribution in [3.8, 4) is 0 Å². The number of aryl methyl sites for hydroxylation is 2. The number of aromatic nitrogens is 2. The van der Waals surface area contributed by atoms with Crippen molar-refractivity contribution in [3.05, 3.63) is 12.0 Å². The zero-order valence-electron chi connectivity index (χ0n) is 10.6. The summed E-state index contributed by atoms with van der Waals surface area (Å²) in [6.45, 7) is 2.27. The average molecular weight is 306 g/mol. The van der Waals surface area contributed by atoms with Crippen LogP contribution in [0.15, 0.2) is 11.2 Å². The predicted octanol–water partition coefficient (Wildman–Crippen LogP) is 1.04. The number of rotatable bonds is 6. The van der Waals surface area contributed by atoms with Crippen molar-refractivity contribution in [2.75, 3.05) is 0 Å². The third-order valence-corrected chi connectivity index (χ3v) is 4.10. The van der Waals surface area contributed by atoms with Gasteiger partial charge in [-0.05, 0) is 12.8 Å². The summed E-state index contributed by atoms with van der Waals surface area (Å²) in [5.74, 6) is 0.590. The van der Waals surface area contributed by atoms with Gasteiger partial charge in [-0.1, -0.05) is 6.92 Å². The van der Waals surface area contributed by atoms with E-state index in [0.29, 0.717) is 31.3 Å². The quantitative estimate of drug-likeness (QED) is 0.796. The van der Waals surface area contributed by atoms with E-state index in [9.17, 15) is 13.2 Å². The molecule has 19 heavy (non-hydrogen) atoms. The van der Waals surface area contributed by atoms with Crippen LogP contribution >= 0.6 is 10.7 Å². The van der Waals surface area contributed by atoms with Crippen LogP contribution in [-0.4, -0.2) is 29.9 Å². The van der Waals surface area contributed by atoms with Gasteiger partial charge in [0.1, 0.15) is 5.82 Å². The standard InChI is InChI=1S/C11H16ClN3O3S/c1-2-9-14-11(19(12,17)18)7-15(9)6-5-10(16)13-8-3-4-8/h7-8H,2-6H2,1H3,(H,13,16). The van der Waals surface area contributed by atoms with Gasteiger partial charge in [-0.3, -0.25) is 4.79 Å². The van der Waals surface area contributed by atoms with Crippen LogP contribution in [-0.2, 0) is 26.8 Å². The van der Waals surface area contributed by atoms with Crippen molar-refractivity contribution in [2.24, 2.45) is 0 Å². The molecule has 1 heterocycles. The smallest absolute Gasteiger partial charge is 0.280 e. The van der Waals surface area contributed by atoms with Crippen molar-refractivity contribution in [1.29, 1.82) is 0 Å². The van der Waals surface area contributed by atoms with Gasteiger partial charge in [0.05, 0.1) is 0 Å². The molecule has 6 nitrogen and oxygen atoms in total. The van der Waals surface area contributed by atoms with Crippen LogP contribution in [0.3, 0.4) is 0 Å². The number of nitrogens with one attached hydrogen (secondary N) is 1. The highest BCUT2D eigenvalue weighted by molar-refractivity contribution is 8.13. The van der Waals surface area contributed by atoms with Gasteiger partial charge >= 0.3 is 0 Å². The fourth-order valence-electron chi connectivity index (χ4n) is 1.77. The highest BCUT2D eigenvalue weighted by Crippen LogP contribution is 2.19. The van der Waals surface area contributed by atoms with E-state index in [2.05, 4.69) is 10.3 Å². The molecular formula is C11H16ClN3O3S. The second-order valence-electron chi connectivity index (χ2n) is 4.57. The van der Waals surface area contributed by atoms with Crippen molar-refractivity contribution >= 4 is 25.6 Å². The fourth-order valence-corrected chi connectivity index (χ4v) is 2.46. The highest BCUT2D eigenvalue weighted by atomic mass is 35.7. The van der Waals surface area contributed by atoms with E-state index >= 15 is 0 Å². The molecule has 106 valence electrons. The third kappa shape index (κ3) is 3.94. The van der Waals surface area contributed by atoms with Crippen LogP contribution in [0.25, 0.3) is 0 Å². The maximum absolute atomic E-state index is 11.6. The molecule has 8 heteroatoms. The maximum atomic E-state index is 11.6. The number of carbonyl (C=O) groups is 1. The van der Waals surface area contributed by atoms with E-state index < -0.39 is 9.05 Å². The van der Waals surface area contributed by atoms with Crippen LogP contribution in [0.1, 0.15) is 32.0 Å². The summed E-state index contributed by atoms with van der Waals surface area (Å²) in [5.41, 5.74) is 0. The topological polar surface area (TPSA) is 81.1 Å². The number of amides is 1. The molecule has 0 radical (unpaired) electrons. The Morgan fingerprint density at radius 2 is 2.26 bits per heavy atom. The molecule has 0 unspecified atom stereocenters. The molecular weight excluding hydrogens is 290 g/mol. The first kappa shape index (κ1) is 14.3. The normalized spacial score (nSPS) is 15.5. The number of imidazole rings is 1. The Bertz CT molecular complexity index is 578. The molecule has 1 N–H and O–H groups in total. The van der Waals surface area contributed by atoms with E-state index in [4.69, 9.17) is 10.7 Å². The summed E-state index contributed by atoms with van der Waals surface area (Å²) in [6, 6.07) is 0.333. The SMILES string of the molecule is CCc1nc(S(=O)(=O)Cl)cn1CCC(=O)NC1CC1. The lowest BCUT2D eigenvalue weighted by atomic mass is 10.3. The van der Waals surface area contributed by atoms with E-state index in [-0.39, 0.29) is 10.9 Å². The lowest BCUT2D eigenvalue weighted by molar-refractivity contribution is -0.121. The van der Waals surface area contributed by atoms with Crippen molar-refractivity contribution in [3.63, 3.8) is 0 Å². The number of nitrogens with zero attached hydrogens (tertiary/aromatic N) is 2. The molecule has 1 aromatic heterocycles. The summed E-state index contributed by atoms with van der Waals surface area (Å²) in [5, 5.41) is 2.72. The second kappa shape index (κ2) is 5.50. The van der Waals surface area contributed by atoms with Crippen LogP contribution in [0.2, 0.25) is 0 Å². The highest BCUT2D eigenvalue weighted by Gasteiger charge is 2.23. The van der Waals surface area contributed by atoms with Gasteiger partial charge in [0.15, 0.2) is 5.03 Å². The molecule has 0 aromatic carbocycles. The molecule has 0 spiro atoms. The lowest BCUT2D eigenvalue weighted by Gasteiger charge is -2.06. The van der Waals surface area contributed by atoms with Crippen LogP contribution in [0, 0.1) is 0 Å². The van der Waals surface area contributed by atoms with Crippen LogP contribution < -0.4 is 5.32 Å². The van der Waals surface area contributed by atoms with Gasteiger partial charge < -0.3 is 9.88 Å². The Labute approximate surface area is 116 Å². The molecule has 1 amide bonds. The minimum atomic E-state index is -3.82. The third-order valence-electron chi connectivity index (χ3n) is 2.93. The number of hydrogen-bond donors (Lipinski definition) is 1. The first-order valence-electron chi connectivity index (χ1n) is 6.20. The van der Waals surface area contributed by atoms with Crippen molar-refractivity contribution in [2.45, 2.75) is 50.2 Å². The fraction of sp³-hybridized carbons (Fsp3) is 0.636. The maximum Gasteiger partial charge on any atom is 0.280 e. The van der Waals surface area contributed by atoms with Gasteiger partial charge in [-0.25, -0.2) is 13.4 Å². The molecule has 0 atom stereocenters. The summed E-state index contributed by atoms with van der Waals surface area (Å²) in [6.07, 6.45) is 4.36. The van der Waals surface area contributed by atoms with Gasteiger partial charge in [0, 0.05) is 42.3 Å². The first-order valence-corrected chi connectivity index (χ1v) is 8.51. The Morgan fingerprint density at radius 3 is 2.79 bits per heavy atom. The van der Waals surface area contributed by atoms with E-state index in [0.717, 1.165) is 12.8 Å². The molecule has 1 saturated carbocycles. The number of hydrogen-bond acceptors (Lipinski definition) is 4. The zero-order chi connectivity index (χ0) is 14.0. The number of halogens is 1. The van der Waals surface area contributed by atoms with Crippen LogP contribution in [0.4, 0.5) is 0 Å². The Kier molecular flexibility index (Phi) is 4.15. The molecule has 1 aliphatic rings. The lowest BCUT2D eigenvalue weighted by Crippen LogP contribution is -2.26. The summed E-state index contributed by atoms with van der Waals surface area (Å²) < 4.78 is 24.1.